The second-order valence-electron chi connectivity index (χ2n) is 14.6. The van der Waals surface area contributed by atoms with E-state index in [2.05, 4.69) is 217 Å². The molecule has 0 saturated carbocycles. The maximum absolute atomic E-state index is 2.51. The first-order valence-electron chi connectivity index (χ1n) is 18.4. The van der Waals surface area contributed by atoms with Crippen LogP contribution in [0.3, 0.4) is 0 Å². The first kappa shape index (κ1) is 31.1. The topological polar surface area (TPSA) is 8.17 Å². The van der Waals surface area contributed by atoms with Crippen molar-refractivity contribution in [1.82, 2.24) is 4.57 Å². The number of rotatable bonds is 6. The molecule has 0 radical (unpaired) electrons. The zero-order valence-electron chi connectivity index (χ0n) is 29.9. The Kier molecular flexibility index (Phi) is 7.19. The van der Waals surface area contributed by atoms with Crippen LogP contribution >= 0.6 is 0 Å². The summed E-state index contributed by atoms with van der Waals surface area (Å²) in [6.07, 6.45) is 0. The molecule has 1 aliphatic rings. The maximum Gasteiger partial charge on any atom is 0.0640 e. The molecule has 0 atom stereocenters. The highest BCUT2D eigenvalue weighted by Gasteiger charge is 2.36. The maximum atomic E-state index is 2.51. The molecule has 0 fully saturated rings. The van der Waals surface area contributed by atoms with Gasteiger partial charge in [0.05, 0.1) is 16.7 Å². The fourth-order valence-corrected chi connectivity index (χ4v) is 8.65. The number of anilines is 3. The van der Waals surface area contributed by atoms with Gasteiger partial charge in [-0.25, -0.2) is 0 Å². The van der Waals surface area contributed by atoms with Crippen LogP contribution in [0.25, 0.3) is 60.9 Å². The van der Waals surface area contributed by atoms with Gasteiger partial charge >= 0.3 is 0 Å². The minimum absolute atomic E-state index is 0.137. The molecule has 2 nitrogen and oxygen atoms in total. The molecule has 0 aliphatic heterocycles. The van der Waals surface area contributed by atoms with Crippen LogP contribution in [0.15, 0.2) is 194 Å². The molecule has 0 saturated heterocycles. The Morgan fingerprint density at radius 1 is 0.415 bits per heavy atom. The Hall–Kier alpha value is -6.64. The van der Waals surface area contributed by atoms with Crippen molar-refractivity contribution in [2.75, 3.05) is 4.90 Å². The Bertz CT molecular complexity index is 2780. The molecule has 0 bridgehead atoms. The number of para-hydroxylation sites is 2. The lowest BCUT2D eigenvalue weighted by Gasteiger charge is -2.31. The summed E-state index contributed by atoms with van der Waals surface area (Å²) >= 11 is 0. The minimum atomic E-state index is -0.137. The quantitative estimate of drug-likeness (QED) is 0.170. The first-order chi connectivity index (χ1) is 26.1. The zero-order valence-corrected chi connectivity index (χ0v) is 29.9. The van der Waals surface area contributed by atoms with Gasteiger partial charge in [0.25, 0.3) is 0 Å². The van der Waals surface area contributed by atoms with Gasteiger partial charge in [0.15, 0.2) is 0 Å². The van der Waals surface area contributed by atoms with E-state index in [1.165, 1.54) is 72.0 Å². The minimum Gasteiger partial charge on any atom is -0.309 e. The third kappa shape index (κ3) is 4.94. The number of hydrogen-bond donors (Lipinski definition) is 0. The largest absolute Gasteiger partial charge is 0.309 e. The summed E-state index contributed by atoms with van der Waals surface area (Å²) in [5.74, 6) is 0. The van der Waals surface area contributed by atoms with Crippen molar-refractivity contribution in [3.8, 4) is 39.1 Å². The van der Waals surface area contributed by atoms with Crippen LogP contribution in [0.5, 0.6) is 0 Å². The van der Waals surface area contributed by atoms with Crippen LogP contribution in [-0.4, -0.2) is 4.57 Å². The number of nitrogens with zero attached hydrogens (tertiary/aromatic N) is 2. The van der Waals surface area contributed by atoms with Gasteiger partial charge in [-0.1, -0.05) is 159 Å². The van der Waals surface area contributed by atoms with E-state index in [9.17, 15) is 0 Å². The van der Waals surface area contributed by atoms with Gasteiger partial charge in [0, 0.05) is 38.8 Å². The van der Waals surface area contributed by atoms with Crippen molar-refractivity contribution in [3.05, 3.63) is 205 Å². The summed E-state index contributed by atoms with van der Waals surface area (Å²) in [4.78, 5) is 2.51. The normalized spacial score (nSPS) is 12.9. The van der Waals surface area contributed by atoms with Crippen LogP contribution < -0.4 is 4.90 Å². The molecule has 1 aliphatic carbocycles. The van der Waals surface area contributed by atoms with Crippen LogP contribution in [0.4, 0.5) is 17.1 Å². The zero-order chi connectivity index (χ0) is 35.5. The fourth-order valence-electron chi connectivity index (χ4n) is 8.65. The molecular formula is C51H38N2. The van der Waals surface area contributed by atoms with E-state index in [-0.39, 0.29) is 5.41 Å². The Labute approximate surface area is 310 Å². The molecule has 0 unspecified atom stereocenters. The standard InChI is InChI=1S/C51H38N2/c1-51(2)45-24-14-12-22-42(45)43-31-30-40(34-46(43)51)52(39-28-26-36(27-29-39)35-16-6-3-7-17-35)50-41(37-18-8-4-9-19-37)32-33-48-49(50)44-23-13-15-25-47(44)53(48)38-20-10-5-11-21-38/h3-34H,1-2H3. The average molecular weight is 679 g/mol. The summed E-state index contributed by atoms with van der Waals surface area (Å²) in [6.45, 7) is 4.73. The second-order valence-corrected chi connectivity index (χ2v) is 14.6. The van der Waals surface area contributed by atoms with Crippen molar-refractivity contribution in [2.45, 2.75) is 19.3 Å². The van der Waals surface area contributed by atoms with Gasteiger partial charge in [0.1, 0.15) is 0 Å². The van der Waals surface area contributed by atoms with Crippen molar-refractivity contribution >= 4 is 38.9 Å². The average Bonchev–Trinajstić information content (AvgIpc) is 3.68. The molecular weight excluding hydrogens is 641 g/mol. The predicted octanol–water partition coefficient (Wildman–Crippen LogP) is 13.9. The fraction of sp³-hybridized carbons (Fsp3) is 0.0588. The molecule has 0 amide bonds. The van der Waals surface area contributed by atoms with Gasteiger partial charge in [-0.05, 0) is 87.5 Å². The smallest absolute Gasteiger partial charge is 0.0640 e. The van der Waals surface area contributed by atoms with Crippen molar-refractivity contribution in [1.29, 1.82) is 0 Å². The molecule has 0 N–H and O–H groups in total. The van der Waals surface area contributed by atoms with Gasteiger partial charge < -0.3 is 9.47 Å². The second kappa shape index (κ2) is 12.3. The molecule has 53 heavy (non-hydrogen) atoms. The third-order valence-corrected chi connectivity index (χ3v) is 11.2. The van der Waals surface area contributed by atoms with E-state index >= 15 is 0 Å². The predicted molar refractivity (Wildman–Crippen MR) is 224 cm³/mol. The van der Waals surface area contributed by atoms with Gasteiger partial charge in [-0.3, -0.25) is 0 Å². The number of hydrogen-bond acceptors (Lipinski definition) is 1. The number of aromatic nitrogens is 1. The van der Waals surface area contributed by atoms with Crippen LogP contribution in [0.2, 0.25) is 0 Å². The third-order valence-electron chi connectivity index (χ3n) is 11.2. The summed E-state index contributed by atoms with van der Waals surface area (Å²) in [7, 11) is 0. The lowest BCUT2D eigenvalue weighted by atomic mass is 9.82. The van der Waals surface area contributed by atoms with Crippen LogP contribution in [-0.2, 0) is 5.41 Å². The van der Waals surface area contributed by atoms with Gasteiger partial charge in [-0.15, -0.1) is 0 Å². The van der Waals surface area contributed by atoms with Crippen molar-refractivity contribution in [2.24, 2.45) is 0 Å². The summed E-state index contributed by atoms with van der Waals surface area (Å²) in [5.41, 5.74) is 16.9. The van der Waals surface area contributed by atoms with E-state index in [1.54, 1.807) is 0 Å². The molecule has 10 rings (SSSR count). The molecule has 8 aromatic carbocycles. The highest BCUT2D eigenvalue weighted by molar-refractivity contribution is 6.19. The molecule has 2 heteroatoms. The van der Waals surface area contributed by atoms with E-state index in [1.807, 2.05) is 0 Å². The van der Waals surface area contributed by atoms with E-state index < -0.39 is 0 Å². The van der Waals surface area contributed by atoms with E-state index in [0.717, 1.165) is 17.1 Å². The Morgan fingerprint density at radius 3 is 1.74 bits per heavy atom. The van der Waals surface area contributed by atoms with Crippen molar-refractivity contribution < 1.29 is 0 Å². The SMILES string of the molecule is CC1(C)c2ccccc2-c2ccc(N(c3ccc(-c4ccccc4)cc3)c3c(-c4ccccc4)ccc4c3c3ccccc3n4-c3ccccc3)cc21. The summed E-state index contributed by atoms with van der Waals surface area (Å²) < 4.78 is 2.42. The lowest BCUT2D eigenvalue weighted by molar-refractivity contribution is 0.660. The van der Waals surface area contributed by atoms with E-state index in [0.29, 0.717) is 0 Å². The van der Waals surface area contributed by atoms with Crippen molar-refractivity contribution in [3.63, 3.8) is 0 Å². The molecule has 0 spiro atoms. The highest BCUT2D eigenvalue weighted by Crippen LogP contribution is 2.53. The van der Waals surface area contributed by atoms with Crippen LogP contribution in [0.1, 0.15) is 25.0 Å². The Balaban J connectivity index is 1.31. The first-order valence-corrected chi connectivity index (χ1v) is 18.4. The molecule has 1 aromatic heterocycles. The van der Waals surface area contributed by atoms with Crippen LogP contribution in [0, 0.1) is 0 Å². The molecule has 252 valence electrons. The number of fused-ring (bicyclic) bond motifs is 6. The number of benzene rings is 8. The summed E-state index contributed by atoms with van der Waals surface area (Å²) in [6, 6.07) is 70.9. The van der Waals surface area contributed by atoms with Gasteiger partial charge in [-0.2, -0.15) is 0 Å². The monoisotopic (exact) mass is 678 g/mol. The highest BCUT2D eigenvalue weighted by atomic mass is 15.2. The lowest BCUT2D eigenvalue weighted by Crippen LogP contribution is -2.17. The van der Waals surface area contributed by atoms with Gasteiger partial charge in [0.2, 0.25) is 0 Å². The van der Waals surface area contributed by atoms with E-state index in [4.69, 9.17) is 0 Å². The summed E-state index contributed by atoms with van der Waals surface area (Å²) in [5, 5.41) is 2.44. The molecule has 1 heterocycles. The Morgan fingerprint density at radius 2 is 0.981 bits per heavy atom. The molecule has 9 aromatic rings.